The molecule has 2 heterocycles. The molecule has 1 aliphatic rings. The zero-order chi connectivity index (χ0) is 15.1. The molecule has 116 valence electrons. The maximum absolute atomic E-state index is 12.1. The van der Waals surface area contributed by atoms with Crippen LogP contribution in [0.5, 0.6) is 0 Å². The minimum Gasteiger partial charge on any atom is -0.378 e. The molecule has 1 N–H and O–H groups in total. The van der Waals surface area contributed by atoms with Gasteiger partial charge in [0.25, 0.3) is 0 Å². The van der Waals surface area contributed by atoms with Crippen LogP contribution < -0.4 is 5.32 Å². The number of amides is 1. The van der Waals surface area contributed by atoms with Crippen LogP contribution in [-0.4, -0.2) is 48.6 Å². The average Bonchev–Trinajstić information content (AvgIpc) is 2.48. The molecule has 0 aromatic carbocycles. The molecule has 5 heteroatoms. The number of nitrogens with one attached hydrogen (secondary N) is 1. The predicted octanol–water partition coefficient (Wildman–Crippen LogP) is 1.51. The Bertz CT molecular complexity index is 459. The largest absolute Gasteiger partial charge is 0.378 e. The first-order valence-corrected chi connectivity index (χ1v) is 7.64. The zero-order valence-corrected chi connectivity index (χ0v) is 13.0. The molecule has 2 rings (SSSR count). The third-order valence-corrected chi connectivity index (χ3v) is 3.73. The molecule has 1 aromatic heterocycles. The van der Waals surface area contributed by atoms with Crippen molar-refractivity contribution in [2.24, 2.45) is 0 Å². The van der Waals surface area contributed by atoms with Gasteiger partial charge in [0.1, 0.15) is 0 Å². The number of carbonyl (C=O) groups is 1. The number of ether oxygens (including phenoxy) is 1. The Labute approximate surface area is 126 Å². The van der Waals surface area contributed by atoms with Gasteiger partial charge < -0.3 is 15.0 Å². The molecule has 1 saturated heterocycles. The normalized spacial score (nSPS) is 15.9. The van der Waals surface area contributed by atoms with Crippen LogP contribution in [0, 0.1) is 6.92 Å². The molecule has 1 aromatic rings. The van der Waals surface area contributed by atoms with Crippen molar-refractivity contribution < 1.29 is 9.53 Å². The standard InChI is InChI=1S/C16H25N3O2/c1-13-4-3-5-14(18-13)12-19(2)16(20)8-11-21-15-6-9-17-10-7-15/h3-5,15,17H,6-12H2,1-2H3. The van der Waals surface area contributed by atoms with Crippen molar-refractivity contribution in [3.8, 4) is 0 Å². The molecule has 1 fully saturated rings. The highest BCUT2D eigenvalue weighted by molar-refractivity contribution is 5.75. The van der Waals surface area contributed by atoms with Gasteiger partial charge in [0.15, 0.2) is 0 Å². The molecule has 5 nitrogen and oxygen atoms in total. The van der Waals surface area contributed by atoms with Crippen molar-refractivity contribution in [2.75, 3.05) is 26.7 Å². The SMILES string of the molecule is Cc1cccc(CN(C)C(=O)CCOC2CCNCC2)n1. The topological polar surface area (TPSA) is 54.5 Å². The molecule has 21 heavy (non-hydrogen) atoms. The van der Waals surface area contributed by atoms with Gasteiger partial charge in [-0.3, -0.25) is 9.78 Å². The third kappa shape index (κ3) is 5.44. The van der Waals surface area contributed by atoms with Crippen molar-refractivity contribution in [1.82, 2.24) is 15.2 Å². The summed E-state index contributed by atoms with van der Waals surface area (Å²) in [6.07, 6.45) is 2.82. The van der Waals surface area contributed by atoms with Gasteiger partial charge in [0.2, 0.25) is 5.91 Å². The first-order valence-electron chi connectivity index (χ1n) is 7.64. The minimum atomic E-state index is 0.104. The molecular formula is C16H25N3O2. The lowest BCUT2D eigenvalue weighted by Crippen LogP contribution is -2.33. The van der Waals surface area contributed by atoms with E-state index in [0.717, 1.165) is 37.3 Å². The van der Waals surface area contributed by atoms with Gasteiger partial charge in [-0.25, -0.2) is 0 Å². The Morgan fingerprint density at radius 2 is 2.19 bits per heavy atom. The second kappa shape index (κ2) is 8.10. The Morgan fingerprint density at radius 3 is 2.90 bits per heavy atom. The fourth-order valence-corrected chi connectivity index (χ4v) is 2.48. The number of carbonyl (C=O) groups excluding carboxylic acids is 1. The Balaban J connectivity index is 1.69. The van der Waals surface area contributed by atoms with E-state index in [1.807, 2.05) is 32.2 Å². The highest BCUT2D eigenvalue weighted by Crippen LogP contribution is 2.08. The van der Waals surface area contributed by atoms with E-state index in [1.165, 1.54) is 0 Å². The van der Waals surface area contributed by atoms with Crippen LogP contribution in [0.15, 0.2) is 18.2 Å². The Hall–Kier alpha value is -1.46. The molecule has 0 bridgehead atoms. The molecule has 0 unspecified atom stereocenters. The molecular weight excluding hydrogens is 266 g/mol. The zero-order valence-electron chi connectivity index (χ0n) is 13.0. The highest BCUT2D eigenvalue weighted by Gasteiger charge is 2.15. The van der Waals surface area contributed by atoms with E-state index < -0.39 is 0 Å². The Kier molecular flexibility index (Phi) is 6.14. The summed E-state index contributed by atoms with van der Waals surface area (Å²) in [5.41, 5.74) is 1.90. The molecule has 1 aliphatic heterocycles. The molecule has 0 aliphatic carbocycles. The fraction of sp³-hybridized carbons (Fsp3) is 0.625. The van der Waals surface area contributed by atoms with Gasteiger partial charge in [-0.05, 0) is 45.0 Å². The van der Waals surface area contributed by atoms with Crippen LogP contribution >= 0.6 is 0 Å². The summed E-state index contributed by atoms with van der Waals surface area (Å²) in [6.45, 7) is 5.04. The van der Waals surface area contributed by atoms with Crippen molar-refractivity contribution in [2.45, 2.75) is 38.8 Å². The predicted molar refractivity (Wildman–Crippen MR) is 81.9 cm³/mol. The fourth-order valence-electron chi connectivity index (χ4n) is 2.48. The number of aromatic nitrogens is 1. The molecule has 0 atom stereocenters. The van der Waals surface area contributed by atoms with Crippen LogP contribution in [0.2, 0.25) is 0 Å². The second-order valence-corrected chi connectivity index (χ2v) is 5.59. The average molecular weight is 291 g/mol. The van der Waals surface area contributed by atoms with Gasteiger partial charge in [-0.15, -0.1) is 0 Å². The summed E-state index contributed by atoms with van der Waals surface area (Å²) < 4.78 is 5.77. The third-order valence-electron chi connectivity index (χ3n) is 3.73. The number of hydrogen-bond donors (Lipinski definition) is 1. The van der Waals surface area contributed by atoms with Gasteiger partial charge in [-0.1, -0.05) is 6.07 Å². The molecule has 1 amide bonds. The van der Waals surface area contributed by atoms with E-state index in [-0.39, 0.29) is 5.91 Å². The number of piperidine rings is 1. The van der Waals surface area contributed by atoms with Crippen molar-refractivity contribution >= 4 is 5.91 Å². The summed E-state index contributed by atoms with van der Waals surface area (Å²) in [5, 5.41) is 3.30. The van der Waals surface area contributed by atoms with Crippen molar-refractivity contribution in [1.29, 1.82) is 0 Å². The van der Waals surface area contributed by atoms with E-state index in [9.17, 15) is 4.79 Å². The quantitative estimate of drug-likeness (QED) is 0.863. The number of nitrogens with zero attached hydrogens (tertiary/aromatic N) is 2. The summed E-state index contributed by atoms with van der Waals surface area (Å²) in [4.78, 5) is 18.2. The number of pyridine rings is 1. The van der Waals surface area contributed by atoms with Gasteiger partial charge in [0, 0.05) is 12.7 Å². The Morgan fingerprint density at radius 1 is 1.43 bits per heavy atom. The van der Waals surface area contributed by atoms with Crippen LogP contribution in [0.25, 0.3) is 0 Å². The smallest absolute Gasteiger partial charge is 0.224 e. The van der Waals surface area contributed by atoms with Gasteiger partial charge in [-0.2, -0.15) is 0 Å². The van der Waals surface area contributed by atoms with Crippen LogP contribution in [0.1, 0.15) is 30.7 Å². The van der Waals surface area contributed by atoms with E-state index >= 15 is 0 Å². The summed E-state index contributed by atoms with van der Waals surface area (Å²) >= 11 is 0. The number of aryl methyl sites for hydroxylation is 1. The first kappa shape index (κ1) is 15.9. The maximum Gasteiger partial charge on any atom is 0.224 e. The van der Waals surface area contributed by atoms with Crippen molar-refractivity contribution in [3.63, 3.8) is 0 Å². The lowest BCUT2D eigenvalue weighted by atomic mass is 10.1. The summed E-state index contributed by atoms with van der Waals surface area (Å²) in [6, 6.07) is 5.87. The summed E-state index contributed by atoms with van der Waals surface area (Å²) in [7, 11) is 1.82. The van der Waals surface area contributed by atoms with Crippen LogP contribution in [0.3, 0.4) is 0 Å². The lowest BCUT2D eigenvalue weighted by Gasteiger charge is -2.23. The first-order chi connectivity index (χ1) is 10.1. The van der Waals surface area contributed by atoms with Gasteiger partial charge >= 0.3 is 0 Å². The number of rotatable bonds is 6. The summed E-state index contributed by atoms with van der Waals surface area (Å²) in [5.74, 6) is 0.104. The monoisotopic (exact) mass is 291 g/mol. The molecule has 0 saturated carbocycles. The molecule has 0 radical (unpaired) electrons. The van der Waals surface area contributed by atoms with E-state index in [0.29, 0.717) is 25.7 Å². The minimum absolute atomic E-state index is 0.104. The highest BCUT2D eigenvalue weighted by atomic mass is 16.5. The maximum atomic E-state index is 12.1. The molecule has 0 spiro atoms. The van der Waals surface area contributed by atoms with Crippen molar-refractivity contribution in [3.05, 3.63) is 29.6 Å². The van der Waals surface area contributed by atoms with Gasteiger partial charge in [0.05, 0.1) is 31.4 Å². The van der Waals surface area contributed by atoms with E-state index in [4.69, 9.17) is 4.74 Å². The van der Waals surface area contributed by atoms with E-state index in [2.05, 4.69) is 10.3 Å². The van der Waals surface area contributed by atoms with Crippen LogP contribution in [0.4, 0.5) is 0 Å². The van der Waals surface area contributed by atoms with Crippen LogP contribution in [-0.2, 0) is 16.1 Å². The second-order valence-electron chi connectivity index (χ2n) is 5.59. The number of hydrogen-bond acceptors (Lipinski definition) is 4. The lowest BCUT2D eigenvalue weighted by molar-refractivity contribution is -0.132. The van der Waals surface area contributed by atoms with E-state index in [1.54, 1.807) is 4.90 Å².